The third-order valence-electron chi connectivity index (χ3n) is 4.07. The van der Waals surface area contributed by atoms with Crippen molar-refractivity contribution in [2.24, 2.45) is 0 Å². The van der Waals surface area contributed by atoms with Gasteiger partial charge in [-0.25, -0.2) is 9.89 Å². The number of benzene rings is 2. The molecule has 1 heterocycles. The molecule has 4 N–H and O–H groups in total. The molecule has 1 amide bonds. The van der Waals surface area contributed by atoms with E-state index >= 15 is 0 Å². The summed E-state index contributed by atoms with van der Waals surface area (Å²) in [5.74, 6) is -1.90. The number of hydrogen-bond acceptors (Lipinski definition) is 4. The summed E-state index contributed by atoms with van der Waals surface area (Å²) in [6.45, 7) is 0. The van der Waals surface area contributed by atoms with Gasteiger partial charge in [-0.1, -0.05) is 48.0 Å². The van der Waals surface area contributed by atoms with Crippen molar-refractivity contribution in [2.75, 3.05) is 0 Å². The van der Waals surface area contributed by atoms with Gasteiger partial charge in [0.2, 0.25) is 5.82 Å². The zero-order valence-electron chi connectivity index (χ0n) is 14.6. The predicted molar refractivity (Wildman–Crippen MR) is 103 cm³/mol. The minimum atomic E-state index is -1.05. The Kier molecular flexibility index (Phi) is 5.90. The number of aliphatic carboxylic acids is 1. The number of carbonyl (C=O) groups excluding carboxylic acids is 1. The highest BCUT2D eigenvalue weighted by Crippen LogP contribution is 2.23. The van der Waals surface area contributed by atoms with Crippen molar-refractivity contribution >= 4 is 23.5 Å². The maximum atomic E-state index is 12.1. The minimum Gasteiger partial charge on any atom is -0.481 e. The summed E-state index contributed by atoms with van der Waals surface area (Å²) in [7, 11) is 0. The number of carbonyl (C=O) groups is 2. The highest BCUT2D eigenvalue weighted by molar-refractivity contribution is 6.30. The van der Waals surface area contributed by atoms with Gasteiger partial charge in [-0.2, -0.15) is 0 Å². The standard InChI is InChI=1S/C19H17ClN4O4/c20-14-3-1-2-13(9-14)12-6-4-11(5-7-12)8-15(10-16(25)26)21-18(27)17-22-19(28)24-23-17/h1-7,9,15H,8,10H2,(H,21,27)(H,25,26)(H2,22,23,24,28)/t15-/m1/s1. The molecule has 1 atom stereocenters. The Bertz CT molecular complexity index is 1040. The van der Waals surface area contributed by atoms with Crippen LogP contribution in [-0.2, 0) is 11.2 Å². The lowest BCUT2D eigenvalue weighted by Crippen LogP contribution is -2.38. The van der Waals surface area contributed by atoms with E-state index in [1.807, 2.05) is 42.5 Å². The summed E-state index contributed by atoms with van der Waals surface area (Å²) in [4.78, 5) is 36.6. The highest BCUT2D eigenvalue weighted by Gasteiger charge is 2.19. The molecule has 0 unspecified atom stereocenters. The van der Waals surface area contributed by atoms with Crippen molar-refractivity contribution in [2.45, 2.75) is 18.9 Å². The minimum absolute atomic E-state index is 0.198. The molecule has 0 aliphatic rings. The predicted octanol–water partition coefficient (Wildman–Crippen LogP) is 2.23. The maximum Gasteiger partial charge on any atom is 0.341 e. The number of H-pyrrole nitrogens is 2. The van der Waals surface area contributed by atoms with Crippen molar-refractivity contribution < 1.29 is 14.7 Å². The number of aromatic amines is 2. The van der Waals surface area contributed by atoms with Gasteiger partial charge in [0.15, 0.2) is 0 Å². The molecule has 3 rings (SSSR count). The Labute approximate surface area is 164 Å². The molecule has 0 saturated carbocycles. The smallest absolute Gasteiger partial charge is 0.341 e. The second-order valence-electron chi connectivity index (χ2n) is 6.21. The molecule has 0 aliphatic carbocycles. The van der Waals surface area contributed by atoms with E-state index in [1.165, 1.54) is 0 Å². The zero-order chi connectivity index (χ0) is 20.1. The topological polar surface area (TPSA) is 128 Å². The normalized spacial score (nSPS) is 11.8. The fraction of sp³-hybridized carbons (Fsp3) is 0.158. The van der Waals surface area contributed by atoms with Crippen molar-refractivity contribution in [3.05, 3.63) is 75.4 Å². The largest absolute Gasteiger partial charge is 0.481 e. The van der Waals surface area contributed by atoms with Crippen LogP contribution in [0.3, 0.4) is 0 Å². The summed E-state index contributed by atoms with van der Waals surface area (Å²) in [5, 5.41) is 18.0. The molecule has 144 valence electrons. The highest BCUT2D eigenvalue weighted by atomic mass is 35.5. The first-order valence-corrected chi connectivity index (χ1v) is 8.81. The first kappa shape index (κ1) is 19.4. The molecule has 0 spiro atoms. The number of rotatable bonds is 7. The lowest BCUT2D eigenvalue weighted by atomic mass is 9.99. The summed E-state index contributed by atoms with van der Waals surface area (Å²) >= 11 is 6.02. The third kappa shape index (κ3) is 5.08. The lowest BCUT2D eigenvalue weighted by molar-refractivity contribution is -0.137. The van der Waals surface area contributed by atoms with E-state index in [9.17, 15) is 14.4 Å². The van der Waals surface area contributed by atoms with Crippen LogP contribution in [0.4, 0.5) is 0 Å². The Morgan fingerprint density at radius 3 is 2.50 bits per heavy atom. The van der Waals surface area contributed by atoms with Crippen LogP contribution in [0.1, 0.15) is 22.6 Å². The van der Waals surface area contributed by atoms with Gasteiger partial charge >= 0.3 is 11.7 Å². The Morgan fingerprint density at radius 1 is 1.14 bits per heavy atom. The van der Waals surface area contributed by atoms with Gasteiger partial charge < -0.3 is 10.4 Å². The number of carboxylic acids is 1. The van der Waals surface area contributed by atoms with E-state index in [4.69, 9.17) is 16.7 Å². The van der Waals surface area contributed by atoms with Crippen LogP contribution in [-0.4, -0.2) is 38.2 Å². The molecule has 28 heavy (non-hydrogen) atoms. The van der Waals surface area contributed by atoms with E-state index in [-0.39, 0.29) is 12.2 Å². The number of halogens is 1. The second-order valence-corrected chi connectivity index (χ2v) is 6.64. The van der Waals surface area contributed by atoms with E-state index in [0.717, 1.165) is 16.7 Å². The molecule has 0 fully saturated rings. The van der Waals surface area contributed by atoms with Crippen LogP contribution in [0.25, 0.3) is 11.1 Å². The average Bonchev–Trinajstić information content (AvgIpc) is 3.08. The number of nitrogens with one attached hydrogen (secondary N) is 3. The van der Waals surface area contributed by atoms with Gasteiger partial charge in [-0.3, -0.25) is 14.6 Å². The number of hydrogen-bond donors (Lipinski definition) is 4. The van der Waals surface area contributed by atoms with Crippen LogP contribution in [0.5, 0.6) is 0 Å². The molecular weight excluding hydrogens is 384 g/mol. The van der Waals surface area contributed by atoms with E-state index in [0.29, 0.717) is 11.4 Å². The number of carboxylic acid groups (broad SMARTS) is 1. The van der Waals surface area contributed by atoms with Crippen LogP contribution in [0.2, 0.25) is 5.02 Å². The molecule has 0 aliphatic heterocycles. The molecule has 3 aromatic rings. The molecule has 2 aromatic carbocycles. The fourth-order valence-electron chi connectivity index (χ4n) is 2.80. The van der Waals surface area contributed by atoms with Crippen molar-refractivity contribution in [1.29, 1.82) is 0 Å². The van der Waals surface area contributed by atoms with Gasteiger partial charge in [-0.05, 0) is 35.2 Å². The van der Waals surface area contributed by atoms with E-state index in [2.05, 4.69) is 20.5 Å². The lowest BCUT2D eigenvalue weighted by Gasteiger charge is -2.16. The Balaban J connectivity index is 1.72. The summed E-state index contributed by atoms with van der Waals surface area (Å²) in [6.07, 6.45) is 0.0406. The monoisotopic (exact) mass is 400 g/mol. The second kappa shape index (κ2) is 8.53. The number of amides is 1. The zero-order valence-corrected chi connectivity index (χ0v) is 15.4. The van der Waals surface area contributed by atoms with Gasteiger partial charge in [0.1, 0.15) is 0 Å². The van der Waals surface area contributed by atoms with E-state index < -0.39 is 23.6 Å². The number of aromatic nitrogens is 3. The molecular formula is C19H17ClN4O4. The van der Waals surface area contributed by atoms with Gasteiger partial charge in [0, 0.05) is 11.1 Å². The molecule has 1 aromatic heterocycles. The van der Waals surface area contributed by atoms with Crippen LogP contribution in [0.15, 0.2) is 53.3 Å². The van der Waals surface area contributed by atoms with Crippen molar-refractivity contribution in [1.82, 2.24) is 20.5 Å². The summed E-state index contributed by atoms with van der Waals surface area (Å²) in [6, 6.07) is 14.4. The van der Waals surface area contributed by atoms with Crippen LogP contribution >= 0.6 is 11.6 Å². The summed E-state index contributed by atoms with van der Waals surface area (Å²) < 4.78 is 0. The SMILES string of the molecule is O=C(O)C[C@@H](Cc1ccc(-c2cccc(Cl)c2)cc1)NC(=O)c1n[nH]c(=O)[nH]1. The fourth-order valence-corrected chi connectivity index (χ4v) is 2.99. The molecule has 0 bridgehead atoms. The van der Waals surface area contributed by atoms with Crippen molar-refractivity contribution in [3.63, 3.8) is 0 Å². The first-order chi connectivity index (χ1) is 13.4. The quantitative estimate of drug-likeness (QED) is 0.483. The summed E-state index contributed by atoms with van der Waals surface area (Å²) in [5.41, 5.74) is 2.18. The third-order valence-corrected chi connectivity index (χ3v) is 4.30. The molecule has 0 saturated heterocycles. The molecule has 9 heteroatoms. The van der Waals surface area contributed by atoms with E-state index in [1.54, 1.807) is 6.07 Å². The molecule has 0 radical (unpaired) electrons. The van der Waals surface area contributed by atoms with Gasteiger partial charge in [-0.15, -0.1) is 5.10 Å². The Morgan fingerprint density at radius 2 is 1.89 bits per heavy atom. The van der Waals surface area contributed by atoms with Gasteiger partial charge in [0.05, 0.1) is 6.42 Å². The van der Waals surface area contributed by atoms with Gasteiger partial charge in [0.25, 0.3) is 5.91 Å². The Hall–Kier alpha value is -3.39. The average molecular weight is 401 g/mol. The maximum absolute atomic E-state index is 12.1. The first-order valence-electron chi connectivity index (χ1n) is 8.43. The number of nitrogens with zero attached hydrogens (tertiary/aromatic N) is 1. The van der Waals surface area contributed by atoms with Crippen LogP contribution < -0.4 is 11.0 Å². The van der Waals surface area contributed by atoms with Crippen molar-refractivity contribution in [3.8, 4) is 11.1 Å². The van der Waals surface area contributed by atoms with Crippen LogP contribution in [0, 0.1) is 0 Å². The molecule has 8 nitrogen and oxygen atoms in total.